The summed E-state index contributed by atoms with van der Waals surface area (Å²) >= 11 is 0. The van der Waals surface area contributed by atoms with Crippen molar-refractivity contribution < 1.29 is 0 Å². The van der Waals surface area contributed by atoms with Crippen LogP contribution >= 0.6 is 0 Å². The van der Waals surface area contributed by atoms with E-state index in [0.717, 1.165) is 25.9 Å². The smallest absolute Gasteiger partial charge is 0.0638 e. The van der Waals surface area contributed by atoms with E-state index in [4.69, 9.17) is 5.26 Å². The molecule has 4 heteroatoms. The molecule has 0 saturated carbocycles. The molecule has 0 aromatic carbocycles. The first-order valence-electron chi connectivity index (χ1n) is 5.91. The molecule has 0 spiro atoms. The molecule has 0 fully saturated rings. The van der Waals surface area contributed by atoms with Crippen LogP contribution in [0.5, 0.6) is 0 Å². The summed E-state index contributed by atoms with van der Waals surface area (Å²) in [7, 11) is 0. The molecular weight excluding hydrogens is 200 g/mol. The van der Waals surface area contributed by atoms with Crippen molar-refractivity contribution in [3.8, 4) is 6.07 Å². The SMILES string of the molecule is CCCn1cc(CNC(CC)CC#N)cn1. The lowest BCUT2D eigenvalue weighted by Gasteiger charge is -2.11. The van der Waals surface area contributed by atoms with Gasteiger partial charge in [0.2, 0.25) is 0 Å². The number of nitrogens with one attached hydrogen (secondary N) is 1. The summed E-state index contributed by atoms with van der Waals surface area (Å²) in [5.74, 6) is 0. The Balaban J connectivity index is 2.38. The third-order valence-corrected chi connectivity index (χ3v) is 2.56. The maximum Gasteiger partial charge on any atom is 0.0638 e. The summed E-state index contributed by atoms with van der Waals surface area (Å²) in [6.07, 6.45) is 6.61. The first-order valence-corrected chi connectivity index (χ1v) is 5.91. The van der Waals surface area contributed by atoms with Gasteiger partial charge in [-0.3, -0.25) is 4.68 Å². The van der Waals surface area contributed by atoms with Crippen LogP contribution in [0.4, 0.5) is 0 Å². The third-order valence-electron chi connectivity index (χ3n) is 2.56. The first-order chi connectivity index (χ1) is 7.80. The fraction of sp³-hybridized carbons (Fsp3) is 0.667. The van der Waals surface area contributed by atoms with Crippen molar-refractivity contribution in [1.29, 1.82) is 5.26 Å². The average molecular weight is 220 g/mol. The van der Waals surface area contributed by atoms with Crippen LogP contribution in [0.3, 0.4) is 0 Å². The Hall–Kier alpha value is -1.34. The second-order valence-corrected chi connectivity index (χ2v) is 3.96. The number of rotatable bonds is 7. The van der Waals surface area contributed by atoms with Gasteiger partial charge in [-0.2, -0.15) is 10.4 Å². The van der Waals surface area contributed by atoms with Crippen LogP contribution in [-0.4, -0.2) is 15.8 Å². The van der Waals surface area contributed by atoms with Crippen LogP contribution in [0, 0.1) is 11.3 Å². The van der Waals surface area contributed by atoms with Crippen LogP contribution in [-0.2, 0) is 13.1 Å². The maximum atomic E-state index is 8.63. The second-order valence-electron chi connectivity index (χ2n) is 3.96. The third kappa shape index (κ3) is 4.03. The lowest BCUT2D eigenvalue weighted by atomic mass is 10.1. The lowest BCUT2D eigenvalue weighted by Crippen LogP contribution is -2.27. The summed E-state index contributed by atoms with van der Waals surface area (Å²) in [6, 6.07) is 2.49. The molecule has 16 heavy (non-hydrogen) atoms. The van der Waals surface area contributed by atoms with Gasteiger partial charge in [-0.1, -0.05) is 13.8 Å². The number of hydrogen-bond acceptors (Lipinski definition) is 3. The van der Waals surface area contributed by atoms with Gasteiger partial charge in [0.25, 0.3) is 0 Å². The quantitative estimate of drug-likeness (QED) is 0.765. The molecule has 1 rings (SSSR count). The summed E-state index contributed by atoms with van der Waals surface area (Å²) in [5.41, 5.74) is 1.19. The van der Waals surface area contributed by atoms with Gasteiger partial charge in [-0.25, -0.2) is 0 Å². The van der Waals surface area contributed by atoms with E-state index in [0.29, 0.717) is 12.5 Å². The molecule has 1 aromatic heterocycles. The molecule has 0 aliphatic heterocycles. The Morgan fingerprint density at radius 3 is 3.00 bits per heavy atom. The molecule has 1 atom stereocenters. The topological polar surface area (TPSA) is 53.6 Å². The highest BCUT2D eigenvalue weighted by atomic mass is 15.3. The molecule has 1 heterocycles. The highest BCUT2D eigenvalue weighted by Gasteiger charge is 2.05. The second kappa shape index (κ2) is 7.02. The van der Waals surface area contributed by atoms with Crippen LogP contribution < -0.4 is 5.32 Å². The molecule has 1 N–H and O–H groups in total. The van der Waals surface area contributed by atoms with E-state index in [-0.39, 0.29) is 0 Å². The Labute approximate surface area is 97.3 Å². The van der Waals surface area contributed by atoms with E-state index in [9.17, 15) is 0 Å². The largest absolute Gasteiger partial charge is 0.309 e. The van der Waals surface area contributed by atoms with Crippen molar-refractivity contribution in [2.24, 2.45) is 0 Å². The van der Waals surface area contributed by atoms with Crippen molar-refractivity contribution >= 4 is 0 Å². The minimum absolute atomic E-state index is 0.291. The molecular formula is C12H20N4. The highest BCUT2D eigenvalue weighted by molar-refractivity contribution is 5.03. The van der Waals surface area contributed by atoms with E-state index in [1.165, 1.54) is 5.56 Å². The number of aromatic nitrogens is 2. The zero-order chi connectivity index (χ0) is 11.8. The molecule has 88 valence electrons. The minimum Gasteiger partial charge on any atom is -0.309 e. The average Bonchev–Trinajstić information content (AvgIpc) is 2.72. The van der Waals surface area contributed by atoms with Crippen LogP contribution in [0.15, 0.2) is 12.4 Å². The molecule has 0 radical (unpaired) electrons. The van der Waals surface area contributed by atoms with Gasteiger partial charge in [-0.05, 0) is 12.8 Å². The fourth-order valence-electron chi connectivity index (χ4n) is 1.58. The Bertz CT molecular complexity index is 337. The van der Waals surface area contributed by atoms with Crippen molar-refractivity contribution in [2.45, 2.75) is 52.2 Å². The number of aryl methyl sites for hydroxylation is 1. The predicted octanol–water partition coefficient (Wildman–Crippen LogP) is 2.07. The van der Waals surface area contributed by atoms with Crippen molar-refractivity contribution in [3.63, 3.8) is 0 Å². The summed E-state index contributed by atoms with van der Waals surface area (Å²) in [4.78, 5) is 0. The van der Waals surface area contributed by atoms with Gasteiger partial charge in [0.1, 0.15) is 0 Å². The molecule has 0 amide bonds. The fourth-order valence-corrected chi connectivity index (χ4v) is 1.58. The normalized spacial score (nSPS) is 12.3. The van der Waals surface area contributed by atoms with Crippen LogP contribution in [0.2, 0.25) is 0 Å². The van der Waals surface area contributed by atoms with E-state index >= 15 is 0 Å². The maximum absolute atomic E-state index is 8.63. The first kappa shape index (κ1) is 12.7. The number of hydrogen-bond donors (Lipinski definition) is 1. The lowest BCUT2D eigenvalue weighted by molar-refractivity contribution is 0.504. The standard InChI is InChI=1S/C12H20N4/c1-3-7-16-10-11(9-15-16)8-14-12(4-2)5-6-13/h9-10,12,14H,3-5,7-8H2,1-2H3. The Morgan fingerprint density at radius 1 is 1.56 bits per heavy atom. The monoisotopic (exact) mass is 220 g/mol. The van der Waals surface area contributed by atoms with Gasteiger partial charge in [0.15, 0.2) is 0 Å². The molecule has 0 saturated heterocycles. The molecule has 1 unspecified atom stereocenters. The summed E-state index contributed by atoms with van der Waals surface area (Å²) < 4.78 is 1.96. The van der Waals surface area contributed by atoms with Crippen molar-refractivity contribution in [2.75, 3.05) is 0 Å². The molecule has 0 aliphatic carbocycles. The zero-order valence-electron chi connectivity index (χ0n) is 10.1. The van der Waals surface area contributed by atoms with Gasteiger partial charge in [0, 0.05) is 30.9 Å². The Kier molecular flexibility index (Phi) is 5.58. The van der Waals surface area contributed by atoms with Crippen molar-refractivity contribution in [1.82, 2.24) is 15.1 Å². The summed E-state index contributed by atoms with van der Waals surface area (Å²) in [5, 5.41) is 16.3. The predicted molar refractivity (Wildman–Crippen MR) is 63.7 cm³/mol. The summed E-state index contributed by atoms with van der Waals surface area (Å²) in [6.45, 7) is 5.99. The molecule has 0 aliphatic rings. The van der Waals surface area contributed by atoms with E-state index in [1.807, 2.05) is 10.9 Å². The number of nitrogens with zero attached hydrogens (tertiary/aromatic N) is 3. The van der Waals surface area contributed by atoms with Crippen LogP contribution in [0.1, 0.15) is 38.7 Å². The van der Waals surface area contributed by atoms with Crippen molar-refractivity contribution in [3.05, 3.63) is 18.0 Å². The van der Waals surface area contributed by atoms with Gasteiger partial charge >= 0.3 is 0 Å². The van der Waals surface area contributed by atoms with E-state index in [1.54, 1.807) is 0 Å². The Morgan fingerprint density at radius 2 is 2.38 bits per heavy atom. The molecule has 4 nitrogen and oxygen atoms in total. The number of nitriles is 1. The molecule has 0 bridgehead atoms. The van der Waals surface area contributed by atoms with Crippen LogP contribution in [0.25, 0.3) is 0 Å². The molecule has 1 aromatic rings. The van der Waals surface area contributed by atoms with Gasteiger partial charge in [-0.15, -0.1) is 0 Å². The minimum atomic E-state index is 0.291. The van der Waals surface area contributed by atoms with E-state index in [2.05, 4.69) is 36.5 Å². The van der Waals surface area contributed by atoms with Gasteiger partial charge in [0.05, 0.1) is 18.7 Å². The van der Waals surface area contributed by atoms with Gasteiger partial charge < -0.3 is 5.32 Å². The zero-order valence-corrected chi connectivity index (χ0v) is 10.1. The highest BCUT2D eigenvalue weighted by Crippen LogP contribution is 2.02. The van der Waals surface area contributed by atoms with E-state index < -0.39 is 0 Å².